The van der Waals surface area contributed by atoms with Crippen molar-refractivity contribution in [2.24, 2.45) is 0 Å². The van der Waals surface area contributed by atoms with Crippen molar-refractivity contribution in [3.05, 3.63) is 194 Å². The van der Waals surface area contributed by atoms with Gasteiger partial charge in [0.05, 0.1) is 26.4 Å². The predicted octanol–water partition coefficient (Wildman–Crippen LogP) is 23.3. The summed E-state index contributed by atoms with van der Waals surface area (Å²) in [7, 11) is -10.0. The first-order chi connectivity index (χ1) is 51.7. The molecule has 106 heavy (non-hydrogen) atoms. The SMILES string of the molecule is CC/C=C\C/C=C\C/C=C\C/C=C\C/C=C\CCCCCC(=O)OCC(COP(=O)(O)OCC(O)COP(=O)(O)OCC(COC(=O)CCCCCCCCC/C=C\C/C=C\C/C=C\CC)OC(=O)CCCC/C=C\C/C=C\C/C=C\C/C=C\CC)OC(=O)CCCC/C=C\C/C=C\C/C=C\C/C=C\CC. The zero-order valence-corrected chi connectivity index (χ0v) is 67.1. The second-order valence-electron chi connectivity index (χ2n) is 25.5. The van der Waals surface area contributed by atoms with E-state index in [0.717, 1.165) is 180 Å². The van der Waals surface area contributed by atoms with E-state index in [-0.39, 0.29) is 25.7 Å². The van der Waals surface area contributed by atoms with Gasteiger partial charge in [-0.1, -0.05) is 261 Å². The topological polar surface area (TPSA) is 237 Å². The van der Waals surface area contributed by atoms with Crippen LogP contribution < -0.4 is 0 Å². The number of hydrogen-bond acceptors (Lipinski definition) is 15. The normalized spacial score (nSPS) is 14.9. The van der Waals surface area contributed by atoms with Crippen molar-refractivity contribution in [3.8, 4) is 0 Å². The van der Waals surface area contributed by atoms with Crippen molar-refractivity contribution >= 4 is 39.5 Å². The molecule has 0 amide bonds. The van der Waals surface area contributed by atoms with Gasteiger partial charge in [0.15, 0.2) is 12.2 Å². The monoisotopic (exact) mass is 1520 g/mol. The Hall–Kier alpha value is -6.10. The maximum Gasteiger partial charge on any atom is 0.472 e. The molecule has 0 aromatic rings. The molecule has 0 aliphatic carbocycles. The molecule has 0 aromatic heterocycles. The second kappa shape index (κ2) is 77.1. The number of unbranched alkanes of at least 4 members (excludes halogenated alkanes) is 14. The van der Waals surface area contributed by atoms with Crippen molar-refractivity contribution in [3.63, 3.8) is 0 Å². The Labute approximate surface area is 640 Å². The van der Waals surface area contributed by atoms with E-state index in [1.54, 1.807) is 0 Å². The van der Waals surface area contributed by atoms with E-state index < -0.39 is 97.5 Å². The van der Waals surface area contributed by atoms with Crippen LogP contribution in [0.1, 0.15) is 272 Å². The molecule has 0 fully saturated rings. The standard InChI is InChI=1S/C87H138O17P2/c1-5-9-13-17-21-25-29-33-37-39-40-42-46-48-52-56-60-64-68-72-85(90)98-78-83(104-87(92)74-70-66-62-58-54-50-44-36-32-28-24-20-16-12-8-4)80-102-106(95,96)100-76-81(88)75-99-105(93,94)101-79-82(103-86(91)73-69-65-61-57-53-49-43-35-31-27-23-19-15-11-7-3)77-97-84(89)71-67-63-59-55-51-47-45-41-38-34-30-26-22-18-14-10-6-2/h9-16,21-28,33-38,40,42-44,48,52-54,57-58,81-83,88H,5-8,17-20,29-32,39,41,45-47,49-51,55-56,59-80H2,1-4H3,(H,93,94)(H,95,96)/b13-9-,14-10-,15-11-,16-12-,25-21-,26-22-,27-23-,28-24-,37-33-,38-34-,42-40-,43-35-,44-36-,52-48-,57-53-,58-54-. The Morgan fingerprint density at radius 3 is 0.736 bits per heavy atom. The van der Waals surface area contributed by atoms with E-state index >= 15 is 0 Å². The molecule has 0 rings (SSSR count). The van der Waals surface area contributed by atoms with Crippen LogP contribution in [0.5, 0.6) is 0 Å². The van der Waals surface area contributed by atoms with Crippen LogP contribution >= 0.6 is 15.6 Å². The third-order valence-corrected chi connectivity index (χ3v) is 17.4. The molecular weight excluding hydrogens is 1380 g/mol. The van der Waals surface area contributed by atoms with Gasteiger partial charge >= 0.3 is 39.5 Å². The van der Waals surface area contributed by atoms with Crippen molar-refractivity contribution in [1.82, 2.24) is 0 Å². The summed E-state index contributed by atoms with van der Waals surface area (Å²) in [6.07, 6.45) is 94.2. The summed E-state index contributed by atoms with van der Waals surface area (Å²) >= 11 is 0. The van der Waals surface area contributed by atoms with Crippen LogP contribution in [0.25, 0.3) is 0 Å². The van der Waals surface area contributed by atoms with E-state index in [2.05, 4.69) is 222 Å². The average molecular weight is 1520 g/mol. The number of rotatable bonds is 72. The first-order valence-electron chi connectivity index (χ1n) is 39.7. The Bertz CT molecular complexity index is 2780. The minimum Gasteiger partial charge on any atom is -0.462 e. The second-order valence-corrected chi connectivity index (χ2v) is 28.4. The average Bonchev–Trinajstić information content (AvgIpc) is 0.909. The van der Waals surface area contributed by atoms with Crippen molar-refractivity contribution in [1.29, 1.82) is 0 Å². The highest BCUT2D eigenvalue weighted by Crippen LogP contribution is 2.45. The fraction of sp³-hybridized carbons (Fsp3) is 0.586. The lowest BCUT2D eigenvalue weighted by Gasteiger charge is -2.21. The lowest BCUT2D eigenvalue weighted by molar-refractivity contribution is -0.161. The first kappa shape index (κ1) is 99.9. The molecule has 0 saturated carbocycles. The molecule has 598 valence electrons. The van der Waals surface area contributed by atoms with Crippen molar-refractivity contribution < 1.29 is 80.2 Å². The number of aliphatic hydroxyl groups is 1. The fourth-order valence-corrected chi connectivity index (χ4v) is 11.2. The summed E-state index contributed by atoms with van der Waals surface area (Å²) in [5.74, 6) is -2.34. The van der Waals surface area contributed by atoms with Crippen LogP contribution in [0, 0.1) is 0 Å². The van der Waals surface area contributed by atoms with Gasteiger partial charge in [0.25, 0.3) is 0 Å². The molecular formula is C87H138O17P2. The molecule has 3 N–H and O–H groups in total. The predicted molar refractivity (Wildman–Crippen MR) is 436 cm³/mol. The zero-order chi connectivity index (χ0) is 77.4. The number of allylic oxidation sites excluding steroid dienone is 32. The molecule has 0 aliphatic heterocycles. The van der Waals surface area contributed by atoms with Gasteiger partial charge in [-0.05, 0) is 180 Å². The highest BCUT2D eigenvalue weighted by molar-refractivity contribution is 7.47. The van der Waals surface area contributed by atoms with E-state index in [4.69, 9.17) is 37.0 Å². The van der Waals surface area contributed by atoms with Gasteiger partial charge < -0.3 is 33.8 Å². The Kier molecular flexibility index (Phi) is 72.6. The Morgan fingerprint density at radius 2 is 0.462 bits per heavy atom. The number of phosphoric acid groups is 2. The van der Waals surface area contributed by atoms with E-state index in [9.17, 15) is 43.2 Å². The van der Waals surface area contributed by atoms with Gasteiger partial charge in [0, 0.05) is 25.7 Å². The maximum absolute atomic E-state index is 13.1. The number of hydrogen-bond donors (Lipinski definition) is 3. The highest BCUT2D eigenvalue weighted by Gasteiger charge is 2.30. The summed E-state index contributed by atoms with van der Waals surface area (Å²) in [4.78, 5) is 73.0. The molecule has 0 radical (unpaired) electrons. The van der Waals surface area contributed by atoms with Crippen LogP contribution in [0.2, 0.25) is 0 Å². The van der Waals surface area contributed by atoms with Gasteiger partial charge in [-0.2, -0.15) is 0 Å². The third kappa shape index (κ3) is 76.1. The number of carbonyl (C=O) groups excluding carboxylic acids is 4. The number of phosphoric ester groups is 2. The molecule has 0 aromatic carbocycles. The molecule has 0 aliphatic rings. The van der Waals surface area contributed by atoms with Crippen LogP contribution in [0.3, 0.4) is 0 Å². The van der Waals surface area contributed by atoms with Gasteiger partial charge in [-0.25, -0.2) is 9.13 Å². The molecule has 5 unspecified atom stereocenters. The smallest absolute Gasteiger partial charge is 0.462 e. The lowest BCUT2D eigenvalue weighted by atomic mass is 10.1. The minimum atomic E-state index is -5.01. The summed E-state index contributed by atoms with van der Waals surface area (Å²) in [6, 6.07) is 0. The van der Waals surface area contributed by atoms with Crippen molar-refractivity contribution in [2.75, 3.05) is 39.6 Å². The molecule has 0 spiro atoms. The summed E-state index contributed by atoms with van der Waals surface area (Å²) in [5, 5.41) is 10.6. The zero-order valence-electron chi connectivity index (χ0n) is 65.3. The molecule has 19 heteroatoms. The fourth-order valence-electron chi connectivity index (χ4n) is 9.65. The molecule has 0 bridgehead atoms. The maximum atomic E-state index is 13.1. The Morgan fingerprint density at radius 1 is 0.264 bits per heavy atom. The van der Waals surface area contributed by atoms with Crippen LogP contribution in [-0.4, -0.2) is 96.7 Å². The quantitative estimate of drug-likeness (QED) is 0.0169. The Balaban J connectivity index is 5.49. The van der Waals surface area contributed by atoms with E-state index in [0.29, 0.717) is 38.5 Å². The third-order valence-electron chi connectivity index (χ3n) is 15.5. The summed E-state index contributed by atoms with van der Waals surface area (Å²) < 4.78 is 68.5. The van der Waals surface area contributed by atoms with Crippen LogP contribution in [-0.2, 0) is 65.4 Å². The number of esters is 4. The van der Waals surface area contributed by atoms with Gasteiger partial charge in [0.2, 0.25) is 0 Å². The summed E-state index contributed by atoms with van der Waals surface area (Å²) in [6.45, 7) is 4.24. The van der Waals surface area contributed by atoms with Crippen molar-refractivity contribution in [2.45, 2.75) is 290 Å². The molecule has 17 nitrogen and oxygen atoms in total. The molecule has 0 heterocycles. The van der Waals surface area contributed by atoms with Gasteiger partial charge in [-0.3, -0.25) is 37.3 Å². The minimum absolute atomic E-state index is 0.0258. The number of aliphatic hydroxyl groups excluding tert-OH is 1. The van der Waals surface area contributed by atoms with Gasteiger partial charge in [-0.15, -0.1) is 0 Å². The number of carbonyl (C=O) groups is 4. The van der Waals surface area contributed by atoms with Gasteiger partial charge in [0.1, 0.15) is 19.3 Å². The lowest BCUT2D eigenvalue weighted by Crippen LogP contribution is -2.30. The van der Waals surface area contributed by atoms with E-state index in [1.165, 1.54) is 0 Å². The number of ether oxygens (including phenoxy) is 4. The first-order valence-corrected chi connectivity index (χ1v) is 42.7. The largest absolute Gasteiger partial charge is 0.472 e. The van der Waals surface area contributed by atoms with E-state index in [1.807, 2.05) is 0 Å². The molecule has 5 atom stereocenters. The van der Waals surface area contributed by atoms with Crippen LogP contribution in [0.4, 0.5) is 0 Å². The highest BCUT2D eigenvalue weighted by atomic mass is 31.2. The molecule has 0 saturated heterocycles. The summed E-state index contributed by atoms with van der Waals surface area (Å²) in [5.41, 5.74) is 0. The van der Waals surface area contributed by atoms with Crippen LogP contribution in [0.15, 0.2) is 194 Å².